The van der Waals surface area contributed by atoms with Crippen LogP contribution in [0.4, 0.5) is 0 Å². The van der Waals surface area contributed by atoms with Crippen molar-refractivity contribution >= 4 is 11.9 Å². The summed E-state index contributed by atoms with van der Waals surface area (Å²) in [4.78, 5) is 0. The van der Waals surface area contributed by atoms with Crippen LogP contribution in [-0.4, -0.2) is 11.9 Å². The molecule has 0 radical (unpaired) electrons. The molecule has 0 atom stereocenters. The van der Waals surface area contributed by atoms with Crippen LogP contribution < -0.4 is 16.8 Å². The topological polar surface area (TPSA) is 112 Å². The summed E-state index contributed by atoms with van der Waals surface area (Å²) in [5.41, 5.74) is 10.8. The summed E-state index contributed by atoms with van der Waals surface area (Å²) in [6.07, 6.45) is 0. The highest BCUT2D eigenvalue weighted by Gasteiger charge is 1.83. The zero-order chi connectivity index (χ0) is 11.0. The first kappa shape index (κ1) is 12.0. The molecular weight excluding hydrogens is 178 g/mol. The van der Waals surface area contributed by atoms with Crippen LogP contribution in [0.15, 0.2) is 30.3 Å². The molecule has 0 aliphatic rings. The second kappa shape index (κ2) is 6.47. The number of nitrogens with two attached hydrogens (primary N) is 2. The van der Waals surface area contributed by atoms with E-state index in [1.807, 2.05) is 23.5 Å². The van der Waals surface area contributed by atoms with Crippen molar-refractivity contribution in [2.45, 2.75) is 6.92 Å². The van der Waals surface area contributed by atoms with Gasteiger partial charge in [-0.05, 0) is 6.92 Å². The molecule has 0 aromatic heterocycles. The first-order valence-corrected chi connectivity index (χ1v) is 3.99. The van der Waals surface area contributed by atoms with Gasteiger partial charge in [-0.1, -0.05) is 35.9 Å². The Hall–Kier alpha value is -2.04. The monoisotopic (exact) mass is 193 g/mol. The predicted molar refractivity (Wildman–Crippen MR) is 58.1 cm³/mol. The van der Waals surface area contributed by atoms with Gasteiger partial charge in [0.25, 0.3) is 0 Å². The average molecular weight is 193 g/mol. The fourth-order valence-electron chi connectivity index (χ4n) is 0.679. The Morgan fingerprint density at radius 2 is 1.50 bits per heavy atom. The summed E-state index contributed by atoms with van der Waals surface area (Å²) in [6.45, 7) is 2.08. The van der Waals surface area contributed by atoms with Crippen LogP contribution in [0.3, 0.4) is 0 Å². The Kier molecular flexibility index (Phi) is 5.53. The third-order valence-corrected chi connectivity index (χ3v) is 1.21. The summed E-state index contributed by atoms with van der Waals surface area (Å²) in [7, 11) is 0. The van der Waals surface area contributed by atoms with Crippen molar-refractivity contribution in [3.63, 3.8) is 0 Å². The third-order valence-electron chi connectivity index (χ3n) is 1.21. The highest BCUT2D eigenvalue weighted by molar-refractivity contribution is 5.93. The molecule has 5 nitrogen and oxygen atoms in total. The van der Waals surface area contributed by atoms with Gasteiger partial charge < -0.3 is 11.5 Å². The van der Waals surface area contributed by atoms with E-state index in [4.69, 9.17) is 22.3 Å². The second-order valence-corrected chi connectivity index (χ2v) is 2.61. The lowest BCUT2D eigenvalue weighted by Crippen LogP contribution is -2.39. The van der Waals surface area contributed by atoms with Crippen LogP contribution in [0.1, 0.15) is 5.56 Å². The van der Waals surface area contributed by atoms with Crippen molar-refractivity contribution < 1.29 is 0 Å². The van der Waals surface area contributed by atoms with Gasteiger partial charge in [0.1, 0.15) is 0 Å². The first-order valence-electron chi connectivity index (χ1n) is 3.99. The number of benzene rings is 1. The van der Waals surface area contributed by atoms with E-state index < -0.39 is 0 Å². The molecule has 0 fully saturated rings. The third kappa shape index (κ3) is 8.06. The predicted octanol–water partition coefficient (Wildman–Crippen LogP) is 0.358. The Balaban J connectivity index is 0.000000241. The molecule has 0 saturated heterocycles. The summed E-state index contributed by atoms with van der Waals surface area (Å²) < 4.78 is 0. The van der Waals surface area contributed by atoms with E-state index in [9.17, 15) is 0 Å². The Bertz CT molecular complexity index is 281. The minimum atomic E-state index is -0.312. The average Bonchev–Trinajstić information content (AvgIpc) is 2.03. The number of nitrogens with one attached hydrogen (secondary N) is 3. The van der Waals surface area contributed by atoms with E-state index in [1.165, 1.54) is 5.56 Å². The molecule has 1 aromatic carbocycles. The highest BCUT2D eigenvalue weighted by atomic mass is 15.1. The Morgan fingerprint density at radius 3 is 1.64 bits per heavy atom. The molecule has 5 heteroatoms. The number of aryl methyl sites for hydroxylation is 1. The van der Waals surface area contributed by atoms with Gasteiger partial charge in [0.05, 0.1) is 0 Å². The fourth-order valence-corrected chi connectivity index (χ4v) is 0.679. The maximum atomic E-state index is 6.47. The SMILES string of the molecule is Cc1ccccc1.N=C(N)NC(=N)N. The number of hydrogen-bond donors (Lipinski definition) is 5. The summed E-state index contributed by atoms with van der Waals surface area (Å²) in [6, 6.07) is 10.3. The van der Waals surface area contributed by atoms with Gasteiger partial charge >= 0.3 is 0 Å². The van der Waals surface area contributed by atoms with Crippen molar-refractivity contribution in [1.82, 2.24) is 5.32 Å². The van der Waals surface area contributed by atoms with Crippen molar-refractivity contribution in [2.24, 2.45) is 11.5 Å². The van der Waals surface area contributed by atoms with Crippen LogP contribution in [0.25, 0.3) is 0 Å². The molecule has 1 rings (SSSR count). The molecule has 7 N–H and O–H groups in total. The quantitative estimate of drug-likeness (QED) is 0.303. The lowest BCUT2D eigenvalue weighted by Gasteiger charge is -1.95. The van der Waals surface area contributed by atoms with Crippen LogP contribution >= 0.6 is 0 Å². The van der Waals surface area contributed by atoms with Crippen LogP contribution in [0.2, 0.25) is 0 Å². The van der Waals surface area contributed by atoms with Gasteiger partial charge in [0.15, 0.2) is 11.9 Å². The van der Waals surface area contributed by atoms with E-state index in [-0.39, 0.29) is 11.9 Å². The molecular formula is C9H15N5. The van der Waals surface area contributed by atoms with Gasteiger partial charge in [0.2, 0.25) is 0 Å². The molecule has 0 aliphatic carbocycles. The van der Waals surface area contributed by atoms with Crippen molar-refractivity contribution in [1.29, 1.82) is 10.8 Å². The normalized spacial score (nSPS) is 8.07. The van der Waals surface area contributed by atoms with E-state index in [1.54, 1.807) is 0 Å². The Morgan fingerprint density at radius 1 is 1.07 bits per heavy atom. The van der Waals surface area contributed by atoms with Crippen molar-refractivity contribution in [3.05, 3.63) is 35.9 Å². The minimum absolute atomic E-state index is 0.312. The van der Waals surface area contributed by atoms with Crippen LogP contribution in [-0.2, 0) is 0 Å². The lowest BCUT2D eigenvalue weighted by atomic mass is 10.2. The number of hydrogen-bond acceptors (Lipinski definition) is 2. The van der Waals surface area contributed by atoms with Crippen molar-refractivity contribution in [2.75, 3.05) is 0 Å². The largest absolute Gasteiger partial charge is 0.370 e. The van der Waals surface area contributed by atoms with E-state index in [0.29, 0.717) is 0 Å². The van der Waals surface area contributed by atoms with E-state index in [2.05, 4.69) is 19.1 Å². The molecule has 0 bridgehead atoms. The van der Waals surface area contributed by atoms with E-state index >= 15 is 0 Å². The molecule has 0 unspecified atom stereocenters. The fraction of sp³-hybridized carbons (Fsp3) is 0.111. The zero-order valence-electron chi connectivity index (χ0n) is 8.04. The first-order chi connectivity index (χ1) is 6.52. The molecule has 0 heterocycles. The molecule has 0 saturated carbocycles. The maximum absolute atomic E-state index is 6.47. The molecule has 0 amide bonds. The maximum Gasteiger partial charge on any atom is 0.192 e. The van der Waals surface area contributed by atoms with Crippen molar-refractivity contribution in [3.8, 4) is 0 Å². The molecule has 1 aromatic rings. The number of guanidine groups is 2. The van der Waals surface area contributed by atoms with Crippen LogP contribution in [0, 0.1) is 17.7 Å². The summed E-state index contributed by atoms with van der Waals surface area (Å²) >= 11 is 0. The molecule has 0 aliphatic heterocycles. The van der Waals surface area contributed by atoms with Crippen LogP contribution in [0.5, 0.6) is 0 Å². The smallest absolute Gasteiger partial charge is 0.192 e. The minimum Gasteiger partial charge on any atom is -0.370 e. The van der Waals surface area contributed by atoms with Gasteiger partial charge in [-0.3, -0.25) is 16.1 Å². The number of rotatable bonds is 0. The highest BCUT2D eigenvalue weighted by Crippen LogP contribution is 1.92. The zero-order valence-corrected chi connectivity index (χ0v) is 8.04. The Labute approximate surface area is 83.1 Å². The van der Waals surface area contributed by atoms with Gasteiger partial charge in [-0.15, -0.1) is 0 Å². The van der Waals surface area contributed by atoms with E-state index in [0.717, 1.165) is 0 Å². The molecule has 0 spiro atoms. The molecule has 14 heavy (non-hydrogen) atoms. The molecule has 76 valence electrons. The standard InChI is InChI=1S/C7H8.C2H7N5/c1-7-5-3-2-4-6-7;3-1(4)7-2(5)6/h2-6H,1H3;(H7,3,4,5,6,7). The van der Waals surface area contributed by atoms with Gasteiger partial charge in [-0.25, -0.2) is 0 Å². The van der Waals surface area contributed by atoms with Gasteiger partial charge in [0, 0.05) is 0 Å². The lowest BCUT2D eigenvalue weighted by molar-refractivity contribution is 1.19. The summed E-state index contributed by atoms with van der Waals surface area (Å²) in [5, 5.41) is 15.0. The second-order valence-electron chi connectivity index (χ2n) is 2.61. The summed E-state index contributed by atoms with van der Waals surface area (Å²) in [5.74, 6) is -0.625. The van der Waals surface area contributed by atoms with Gasteiger partial charge in [-0.2, -0.15) is 0 Å².